The minimum atomic E-state index is 0.493. The van der Waals surface area contributed by atoms with Gasteiger partial charge in [-0.1, -0.05) is 12.2 Å². The van der Waals surface area contributed by atoms with Crippen LogP contribution in [0.3, 0.4) is 0 Å². The first-order valence-electron chi connectivity index (χ1n) is 4.60. The molecule has 0 amide bonds. The van der Waals surface area contributed by atoms with E-state index in [0.717, 1.165) is 6.61 Å². The molecule has 1 heterocycles. The molecular formula is C10H16O. The van der Waals surface area contributed by atoms with Crippen LogP contribution in [0.25, 0.3) is 0 Å². The van der Waals surface area contributed by atoms with Gasteiger partial charge in [0.1, 0.15) is 0 Å². The molecule has 0 saturated carbocycles. The fourth-order valence-corrected chi connectivity index (χ4v) is 2.32. The molecule has 2 rings (SSSR count). The lowest BCUT2D eigenvalue weighted by molar-refractivity contribution is 0.0586. The third kappa shape index (κ3) is 1.12. The minimum Gasteiger partial charge on any atom is -0.378 e. The molecule has 0 N–H and O–H groups in total. The van der Waals surface area contributed by atoms with Crippen molar-refractivity contribution in [3.63, 3.8) is 0 Å². The predicted octanol–water partition coefficient (Wildman–Crippen LogP) is 2.52. The average molecular weight is 152 g/mol. The highest BCUT2D eigenvalue weighted by atomic mass is 16.5. The molecule has 1 aliphatic carbocycles. The van der Waals surface area contributed by atoms with E-state index in [9.17, 15) is 0 Å². The summed E-state index contributed by atoms with van der Waals surface area (Å²) in [6.07, 6.45) is 10.2. The zero-order valence-electron chi connectivity index (χ0n) is 7.18. The van der Waals surface area contributed by atoms with E-state index in [2.05, 4.69) is 19.1 Å². The first kappa shape index (κ1) is 7.35. The molecule has 1 spiro atoms. The Hall–Kier alpha value is -0.300. The molecule has 0 aromatic rings. The van der Waals surface area contributed by atoms with Crippen molar-refractivity contribution in [2.24, 2.45) is 5.41 Å². The van der Waals surface area contributed by atoms with Gasteiger partial charge in [-0.3, -0.25) is 0 Å². The number of hydrogen-bond acceptors (Lipinski definition) is 1. The molecule has 0 radical (unpaired) electrons. The Morgan fingerprint density at radius 3 is 2.82 bits per heavy atom. The highest BCUT2D eigenvalue weighted by Gasteiger charge is 2.40. The van der Waals surface area contributed by atoms with E-state index in [-0.39, 0.29) is 0 Å². The Labute approximate surface area is 68.4 Å². The summed E-state index contributed by atoms with van der Waals surface area (Å²) in [6, 6.07) is 0. The normalized spacial score (nSPS) is 43.5. The molecule has 11 heavy (non-hydrogen) atoms. The van der Waals surface area contributed by atoms with Gasteiger partial charge in [0.05, 0.1) is 6.10 Å². The molecule has 2 atom stereocenters. The summed E-state index contributed by atoms with van der Waals surface area (Å²) in [5.41, 5.74) is 0.523. The second kappa shape index (κ2) is 2.63. The van der Waals surface area contributed by atoms with E-state index in [4.69, 9.17) is 4.74 Å². The van der Waals surface area contributed by atoms with E-state index in [0.29, 0.717) is 11.5 Å². The van der Waals surface area contributed by atoms with Gasteiger partial charge in [-0.05, 0) is 32.6 Å². The van der Waals surface area contributed by atoms with Crippen molar-refractivity contribution >= 4 is 0 Å². The van der Waals surface area contributed by atoms with Gasteiger partial charge in [0.2, 0.25) is 0 Å². The summed E-state index contributed by atoms with van der Waals surface area (Å²) < 4.78 is 5.61. The van der Waals surface area contributed by atoms with Gasteiger partial charge in [-0.25, -0.2) is 0 Å². The van der Waals surface area contributed by atoms with Crippen molar-refractivity contribution in [3.8, 4) is 0 Å². The highest BCUT2D eigenvalue weighted by molar-refractivity contribution is 5.02. The molecule has 62 valence electrons. The third-order valence-corrected chi connectivity index (χ3v) is 3.33. The zero-order valence-corrected chi connectivity index (χ0v) is 7.18. The standard InChI is InChI=1S/C10H16O/c1-9-10(7-8-11-9)5-3-2-4-6-10/h2-3,9H,4-8H2,1H3. The summed E-state index contributed by atoms with van der Waals surface area (Å²) >= 11 is 0. The molecule has 1 fully saturated rings. The Morgan fingerprint density at radius 1 is 1.36 bits per heavy atom. The van der Waals surface area contributed by atoms with Gasteiger partial charge < -0.3 is 4.74 Å². The lowest BCUT2D eigenvalue weighted by Gasteiger charge is -2.33. The molecule has 2 aliphatic rings. The largest absolute Gasteiger partial charge is 0.378 e. The van der Waals surface area contributed by atoms with Crippen molar-refractivity contribution in [1.82, 2.24) is 0 Å². The molecule has 2 unspecified atom stereocenters. The van der Waals surface area contributed by atoms with Crippen LogP contribution in [-0.4, -0.2) is 12.7 Å². The van der Waals surface area contributed by atoms with Crippen molar-refractivity contribution in [1.29, 1.82) is 0 Å². The van der Waals surface area contributed by atoms with E-state index in [1.165, 1.54) is 25.7 Å². The number of rotatable bonds is 0. The molecule has 1 nitrogen and oxygen atoms in total. The summed E-state index contributed by atoms with van der Waals surface area (Å²) in [5, 5.41) is 0. The Bertz CT molecular complexity index is 174. The molecule has 1 saturated heterocycles. The Morgan fingerprint density at radius 2 is 2.27 bits per heavy atom. The number of ether oxygens (including phenoxy) is 1. The molecule has 1 heteroatoms. The number of hydrogen-bond donors (Lipinski definition) is 0. The van der Waals surface area contributed by atoms with Gasteiger partial charge in [0, 0.05) is 12.0 Å². The number of allylic oxidation sites excluding steroid dienone is 2. The summed E-state index contributed by atoms with van der Waals surface area (Å²) in [6.45, 7) is 3.21. The van der Waals surface area contributed by atoms with Crippen LogP contribution in [0.5, 0.6) is 0 Å². The third-order valence-electron chi connectivity index (χ3n) is 3.33. The summed E-state index contributed by atoms with van der Waals surface area (Å²) in [7, 11) is 0. The quantitative estimate of drug-likeness (QED) is 0.485. The summed E-state index contributed by atoms with van der Waals surface area (Å²) in [5.74, 6) is 0. The van der Waals surface area contributed by atoms with E-state index < -0.39 is 0 Å². The highest BCUT2D eigenvalue weighted by Crippen LogP contribution is 2.44. The molecule has 0 aromatic heterocycles. The lowest BCUT2D eigenvalue weighted by Crippen LogP contribution is -2.29. The maximum atomic E-state index is 5.61. The molecule has 0 aromatic carbocycles. The van der Waals surface area contributed by atoms with Gasteiger partial charge in [0.25, 0.3) is 0 Å². The van der Waals surface area contributed by atoms with Gasteiger partial charge >= 0.3 is 0 Å². The topological polar surface area (TPSA) is 9.23 Å². The van der Waals surface area contributed by atoms with Crippen LogP contribution in [0.1, 0.15) is 32.6 Å². The monoisotopic (exact) mass is 152 g/mol. The molecular weight excluding hydrogens is 136 g/mol. The lowest BCUT2D eigenvalue weighted by atomic mass is 9.72. The van der Waals surface area contributed by atoms with Crippen LogP contribution in [0, 0.1) is 5.41 Å². The molecule has 0 bridgehead atoms. The Kier molecular flexibility index (Phi) is 1.76. The fraction of sp³-hybridized carbons (Fsp3) is 0.800. The Balaban J connectivity index is 2.14. The first-order valence-corrected chi connectivity index (χ1v) is 4.60. The predicted molar refractivity (Wildman–Crippen MR) is 45.5 cm³/mol. The van der Waals surface area contributed by atoms with Gasteiger partial charge in [0.15, 0.2) is 0 Å². The van der Waals surface area contributed by atoms with Crippen molar-refractivity contribution in [2.75, 3.05) is 6.61 Å². The second-order valence-corrected chi connectivity index (χ2v) is 3.84. The van der Waals surface area contributed by atoms with E-state index in [1.54, 1.807) is 0 Å². The van der Waals surface area contributed by atoms with E-state index >= 15 is 0 Å². The van der Waals surface area contributed by atoms with Crippen LogP contribution in [0.15, 0.2) is 12.2 Å². The van der Waals surface area contributed by atoms with Crippen molar-refractivity contribution in [3.05, 3.63) is 12.2 Å². The van der Waals surface area contributed by atoms with Crippen LogP contribution in [-0.2, 0) is 4.74 Å². The zero-order chi connectivity index (χ0) is 7.73. The summed E-state index contributed by atoms with van der Waals surface area (Å²) in [4.78, 5) is 0. The van der Waals surface area contributed by atoms with Crippen LogP contribution >= 0.6 is 0 Å². The van der Waals surface area contributed by atoms with Gasteiger partial charge in [-0.15, -0.1) is 0 Å². The molecule has 1 aliphatic heterocycles. The SMILES string of the molecule is CC1OCCC12CC=CCC2. The maximum Gasteiger partial charge on any atom is 0.0607 e. The van der Waals surface area contributed by atoms with Gasteiger partial charge in [-0.2, -0.15) is 0 Å². The van der Waals surface area contributed by atoms with Crippen LogP contribution < -0.4 is 0 Å². The maximum absolute atomic E-state index is 5.61. The van der Waals surface area contributed by atoms with Crippen molar-refractivity contribution in [2.45, 2.75) is 38.7 Å². The average Bonchev–Trinajstić information content (AvgIpc) is 2.36. The minimum absolute atomic E-state index is 0.493. The first-order chi connectivity index (χ1) is 5.33. The second-order valence-electron chi connectivity index (χ2n) is 3.84. The smallest absolute Gasteiger partial charge is 0.0607 e. The van der Waals surface area contributed by atoms with E-state index in [1.807, 2.05) is 0 Å². The van der Waals surface area contributed by atoms with Crippen molar-refractivity contribution < 1.29 is 4.74 Å². The fourth-order valence-electron chi connectivity index (χ4n) is 2.32. The van der Waals surface area contributed by atoms with Crippen LogP contribution in [0.4, 0.5) is 0 Å². The van der Waals surface area contributed by atoms with Crippen LogP contribution in [0.2, 0.25) is 0 Å².